The van der Waals surface area contributed by atoms with Gasteiger partial charge in [-0.1, -0.05) is 177 Å². The Labute approximate surface area is 357 Å². The van der Waals surface area contributed by atoms with Crippen LogP contribution < -0.4 is 0 Å². The number of carbonyl (C=O) groups is 1. The van der Waals surface area contributed by atoms with Gasteiger partial charge in [0.15, 0.2) is 0 Å². The van der Waals surface area contributed by atoms with Crippen LogP contribution in [0.5, 0.6) is 0 Å². The van der Waals surface area contributed by atoms with E-state index in [1.165, 1.54) is 70.6 Å². The Bertz CT molecular complexity index is 1150. The summed E-state index contributed by atoms with van der Waals surface area (Å²) in [5.41, 5.74) is 0. The molecule has 0 amide bonds. The number of rotatable bonds is 42. The van der Waals surface area contributed by atoms with Crippen LogP contribution >= 0.6 is 7.82 Å². The molecule has 9 heteroatoms. The fraction of sp³-hybridized carbons (Fsp3) is 0.735. The molecule has 0 aromatic heterocycles. The number of phosphoric ester groups is 1. The number of quaternary nitrogens is 1. The molecule has 0 radical (unpaired) electrons. The topological polar surface area (TPSA) is 91.3 Å². The number of hydrogen-bond donors (Lipinski definition) is 1. The quantitative estimate of drug-likeness (QED) is 0.0215. The Kier molecular flexibility index (Phi) is 40.2. The summed E-state index contributed by atoms with van der Waals surface area (Å²) < 4.78 is 35.0. The number of carbonyl (C=O) groups excluding carboxylic acids is 1. The monoisotopic (exact) mass is 835 g/mol. The first-order valence-electron chi connectivity index (χ1n) is 23.2. The van der Waals surface area contributed by atoms with Crippen LogP contribution in [0.3, 0.4) is 0 Å². The molecule has 0 aromatic rings. The Hall–Kier alpha value is -2.06. The number of ether oxygens (including phenoxy) is 2. The number of nitrogens with zero attached hydrogens (tertiary/aromatic N) is 1. The standard InChI is InChI=1S/C49H88NO7P/c1-6-8-10-12-14-16-18-20-21-22-23-24-25-26-27-28-29-30-31-33-35-37-39-41-44-54-46-48(47-56-58(52,53)55-45-43-50(3,4)5)57-49(51)42-40-38-36-34-32-19-17-15-13-11-9-7-2/h8,10,14,16,20-21,23-24,26-27,29-30,48H,6-7,9,11-13,15,17-19,22,25,28,31-47H2,1-5H3/p+1/b10-8-,16-14-,21-20-,24-23-,27-26-,30-29-. The van der Waals surface area contributed by atoms with Crippen molar-refractivity contribution in [2.75, 3.05) is 54.1 Å². The normalized spacial score (nSPS) is 14.4. The molecule has 0 aliphatic carbocycles. The summed E-state index contributed by atoms with van der Waals surface area (Å²) in [7, 11) is 1.65. The van der Waals surface area contributed by atoms with Crippen molar-refractivity contribution in [3.8, 4) is 0 Å². The van der Waals surface area contributed by atoms with Crippen LogP contribution in [0.25, 0.3) is 0 Å². The summed E-state index contributed by atoms with van der Waals surface area (Å²) in [5.74, 6) is -0.324. The van der Waals surface area contributed by atoms with Crippen molar-refractivity contribution in [2.45, 2.75) is 180 Å². The SMILES string of the molecule is CC/C=C\C/C=C\C/C=C\C/C=C\C/C=C\C/C=C\CCCCCCCOCC(COP(=O)(O)OCC[N+](C)(C)C)OC(=O)CCCCCCCCCCCCCC. The van der Waals surface area contributed by atoms with Gasteiger partial charge in [-0.3, -0.25) is 13.8 Å². The van der Waals surface area contributed by atoms with Crippen molar-refractivity contribution in [3.63, 3.8) is 0 Å². The van der Waals surface area contributed by atoms with E-state index in [1.807, 2.05) is 21.1 Å². The van der Waals surface area contributed by atoms with E-state index in [-0.39, 0.29) is 25.8 Å². The molecule has 0 aromatic carbocycles. The molecule has 336 valence electrons. The van der Waals surface area contributed by atoms with Crippen molar-refractivity contribution in [3.05, 3.63) is 72.9 Å². The Balaban J connectivity index is 4.22. The highest BCUT2D eigenvalue weighted by Crippen LogP contribution is 2.43. The third kappa shape index (κ3) is 45.0. The van der Waals surface area contributed by atoms with Gasteiger partial charge in [0.25, 0.3) is 0 Å². The average molecular weight is 835 g/mol. The van der Waals surface area contributed by atoms with Crippen LogP contribution in [-0.4, -0.2) is 75.6 Å². The molecule has 0 spiro atoms. The van der Waals surface area contributed by atoms with Gasteiger partial charge in [0.1, 0.15) is 19.3 Å². The van der Waals surface area contributed by atoms with Crippen molar-refractivity contribution >= 4 is 13.8 Å². The predicted octanol–water partition coefficient (Wildman–Crippen LogP) is 13.9. The van der Waals surface area contributed by atoms with Crippen LogP contribution in [-0.2, 0) is 27.9 Å². The van der Waals surface area contributed by atoms with Crippen LogP contribution in [0.1, 0.15) is 174 Å². The number of unbranched alkanes of at least 4 members (excludes halogenated alkanes) is 16. The molecule has 0 fully saturated rings. The molecule has 0 aliphatic heterocycles. The first-order valence-corrected chi connectivity index (χ1v) is 24.7. The summed E-state index contributed by atoms with van der Waals surface area (Å²) in [6.45, 7) is 5.45. The lowest BCUT2D eigenvalue weighted by Crippen LogP contribution is -2.37. The lowest BCUT2D eigenvalue weighted by Gasteiger charge is -2.24. The molecule has 1 N–H and O–H groups in total. The maximum absolute atomic E-state index is 12.7. The first-order chi connectivity index (χ1) is 28.1. The van der Waals surface area contributed by atoms with Gasteiger partial charge < -0.3 is 18.9 Å². The zero-order valence-corrected chi connectivity index (χ0v) is 38.9. The molecule has 0 saturated heterocycles. The molecule has 2 atom stereocenters. The summed E-state index contributed by atoms with van der Waals surface area (Å²) in [4.78, 5) is 22.9. The van der Waals surface area contributed by atoms with Gasteiger partial charge in [-0.15, -0.1) is 0 Å². The number of likely N-dealkylation sites (N-methyl/N-ethyl adjacent to an activating group) is 1. The Morgan fingerprint density at radius 3 is 1.50 bits per heavy atom. The fourth-order valence-corrected chi connectivity index (χ4v) is 6.71. The summed E-state index contributed by atoms with van der Waals surface area (Å²) in [6, 6.07) is 0. The van der Waals surface area contributed by atoms with Crippen molar-refractivity contribution in [1.82, 2.24) is 0 Å². The van der Waals surface area contributed by atoms with E-state index in [0.717, 1.165) is 83.5 Å². The highest BCUT2D eigenvalue weighted by atomic mass is 31.2. The van der Waals surface area contributed by atoms with Gasteiger partial charge in [0.05, 0.1) is 34.4 Å². The number of allylic oxidation sites excluding steroid dienone is 12. The van der Waals surface area contributed by atoms with Crippen LogP contribution in [0, 0.1) is 0 Å². The van der Waals surface area contributed by atoms with E-state index in [1.54, 1.807) is 0 Å². The molecule has 0 saturated carbocycles. The molecule has 0 bridgehead atoms. The third-order valence-electron chi connectivity index (χ3n) is 9.53. The van der Waals surface area contributed by atoms with Crippen LogP contribution in [0.2, 0.25) is 0 Å². The van der Waals surface area contributed by atoms with E-state index < -0.39 is 13.9 Å². The highest BCUT2D eigenvalue weighted by Gasteiger charge is 2.26. The third-order valence-corrected chi connectivity index (χ3v) is 10.5. The zero-order valence-electron chi connectivity index (χ0n) is 38.0. The lowest BCUT2D eigenvalue weighted by molar-refractivity contribution is -0.870. The molecule has 0 heterocycles. The first kappa shape index (κ1) is 55.9. The summed E-state index contributed by atoms with van der Waals surface area (Å²) >= 11 is 0. The minimum absolute atomic E-state index is 0.0819. The van der Waals surface area contributed by atoms with Gasteiger partial charge >= 0.3 is 13.8 Å². The van der Waals surface area contributed by atoms with Gasteiger partial charge in [0, 0.05) is 13.0 Å². The summed E-state index contributed by atoms with van der Waals surface area (Å²) in [5, 5.41) is 0. The number of hydrogen-bond acceptors (Lipinski definition) is 6. The van der Waals surface area contributed by atoms with Gasteiger partial charge in [-0.2, -0.15) is 0 Å². The largest absolute Gasteiger partial charge is 0.472 e. The minimum Gasteiger partial charge on any atom is -0.457 e. The van der Waals surface area contributed by atoms with E-state index in [2.05, 4.69) is 86.8 Å². The van der Waals surface area contributed by atoms with Crippen LogP contribution in [0.4, 0.5) is 0 Å². The van der Waals surface area contributed by atoms with Crippen LogP contribution in [0.15, 0.2) is 72.9 Å². The Morgan fingerprint density at radius 2 is 1.00 bits per heavy atom. The van der Waals surface area contributed by atoms with Gasteiger partial charge in [-0.25, -0.2) is 4.57 Å². The molecule has 0 aliphatic rings. The van der Waals surface area contributed by atoms with Gasteiger partial charge in [-0.05, 0) is 64.2 Å². The number of phosphoric acid groups is 1. The van der Waals surface area contributed by atoms with E-state index in [9.17, 15) is 14.3 Å². The Morgan fingerprint density at radius 1 is 0.552 bits per heavy atom. The van der Waals surface area contributed by atoms with Gasteiger partial charge in [0.2, 0.25) is 0 Å². The lowest BCUT2D eigenvalue weighted by atomic mass is 10.0. The highest BCUT2D eigenvalue weighted by molar-refractivity contribution is 7.47. The predicted molar refractivity (Wildman–Crippen MR) is 247 cm³/mol. The van der Waals surface area contributed by atoms with Crippen molar-refractivity contribution < 1.29 is 37.3 Å². The number of esters is 1. The second-order valence-electron chi connectivity index (χ2n) is 16.4. The molecule has 2 unspecified atom stereocenters. The van der Waals surface area contributed by atoms with E-state index in [4.69, 9.17) is 18.5 Å². The maximum atomic E-state index is 12.7. The summed E-state index contributed by atoms with van der Waals surface area (Å²) in [6.07, 6.45) is 53.7. The molecule has 8 nitrogen and oxygen atoms in total. The molecule has 58 heavy (non-hydrogen) atoms. The molecular formula is C49H89NO7P+. The van der Waals surface area contributed by atoms with Crippen molar-refractivity contribution in [2.24, 2.45) is 0 Å². The fourth-order valence-electron chi connectivity index (χ4n) is 5.97. The van der Waals surface area contributed by atoms with E-state index in [0.29, 0.717) is 24.1 Å². The minimum atomic E-state index is -4.28. The molecule has 0 rings (SSSR count). The second kappa shape index (κ2) is 41.7. The smallest absolute Gasteiger partial charge is 0.457 e. The maximum Gasteiger partial charge on any atom is 0.472 e. The van der Waals surface area contributed by atoms with E-state index >= 15 is 0 Å². The zero-order chi connectivity index (χ0) is 42.7. The molecular weight excluding hydrogens is 746 g/mol. The van der Waals surface area contributed by atoms with Crippen molar-refractivity contribution in [1.29, 1.82) is 0 Å². The average Bonchev–Trinajstić information content (AvgIpc) is 3.18. The second-order valence-corrected chi connectivity index (χ2v) is 17.9.